The van der Waals surface area contributed by atoms with Crippen LogP contribution in [0, 0.1) is 0 Å². The molecule has 2 N–H and O–H groups in total. The zero-order valence-electron chi connectivity index (χ0n) is 11.4. The number of carbonyl (C=O) groups excluding carboxylic acids is 2. The fourth-order valence-corrected chi connectivity index (χ4v) is 2.75. The molecule has 8 nitrogen and oxygen atoms in total. The summed E-state index contributed by atoms with van der Waals surface area (Å²) < 4.78 is 5.23. The second-order valence-electron chi connectivity index (χ2n) is 4.54. The summed E-state index contributed by atoms with van der Waals surface area (Å²) in [5, 5.41) is 13.3. The lowest BCUT2D eigenvalue weighted by molar-refractivity contribution is -0.139. The highest BCUT2D eigenvalue weighted by Gasteiger charge is 2.30. The van der Waals surface area contributed by atoms with Gasteiger partial charge >= 0.3 is 5.97 Å². The van der Waals surface area contributed by atoms with Crippen molar-refractivity contribution in [2.45, 2.75) is 19.4 Å². The van der Waals surface area contributed by atoms with Crippen LogP contribution in [-0.4, -0.2) is 58.6 Å². The Morgan fingerprint density at radius 1 is 1.57 bits per heavy atom. The van der Waals surface area contributed by atoms with E-state index >= 15 is 0 Å². The van der Waals surface area contributed by atoms with Gasteiger partial charge < -0.3 is 20.1 Å². The summed E-state index contributed by atoms with van der Waals surface area (Å²) in [7, 11) is 0. The molecule has 0 aliphatic carbocycles. The van der Waals surface area contributed by atoms with Gasteiger partial charge in [0.1, 0.15) is 5.69 Å². The van der Waals surface area contributed by atoms with Crippen LogP contribution in [0.3, 0.4) is 0 Å². The number of rotatable bonds is 4. The van der Waals surface area contributed by atoms with Gasteiger partial charge in [0.15, 0.2) is 5.13 Å². The molecule has 0 saturated carbocycles. The highest BCUT2D eigenvalue weighted by Crippen LogP contribution is 2.19. The molecule has 1 aromatic heterocycles. The molecule has 21 heavy (non-hydrogen) atoms. The third kappa shape index (κ3) is 3.99. The average Bonchev–Trinajstić information content (AvgIpc) is 2.85. The molecule has 0 bridgehead atoms. The van der Waals surface area contributed by atoms with E-state index in [2.05, 4.69) is 10.3 Å². The van der Waals surface area contributed by atoms with Crippen LogP contribution in [0.2, 0.25) is 0 Å². The van der Waals surface area contributed by atoms with Crippen LogP contribution in [0.1, 0.15) is 23.8 Å². The third-order valence-corrected chi connectivity index (χ3v) is 3.66. The normalized spacial score (nSPS) is 18.3. The topological polar surface area (TPSA) is 109 Å². The minimum Gasteiger partial charge on any atom is -0.481 e. The van der Waals surface area contributed by atoms with E-state index in [9.17, 15) is 14.4 Å². The molecule has 2 heterocycles. The highest BCUT2D eigenvalue weighted by molar-refractivity contribution is 7.14. The summed E-state index contributed by atoms with van der Waals surface area (Å²) >= 11 is 1.15. The quantitative estimate of drug-likeness (QED) is 0.833. The first-order valence-electron chi connectivity index (χ1n) is 6.31. The number of ether oxygens (including phenoxy) is 1. The number of aliphatic carboxylic acids is 1. The molecule has 2 amide bonds. The highest BCUT2D eigenvalue weighted by atomic mass is 32.1. The monoisotopic (exact) mass is 313 g/mol. The Hall–Kier alpha value is -2.00. The number of carbonyl (C=O) groups is 3. The Morgan fingerprint density at radius 2 is 2.33 bits per heavy atom. The number of hydrogen-bond donors (Lipinski definition) is 2. The van der Waals surface area contributed by atoms with E-state index in [4.69, 9.17) is 9.84 Å². The standard InChI is InChI=1S/C12H15N3O5S/c1-7(16)13-12-14-9(6-21-12)11(19)15-2-3-20-5-8(15)4-10(17)18/h6,8H,2-5H2,1H3,(H,17,18)(H,13,14,16). The second kappa shape index (κ2) is 6.64. The number of amides is 2. The molecule has 1 unspecified atom stereocenters. The van der Waals surface area contributed by atoms with Crippen molar-refractivity contribution in [3.05, 3.63) is 11.1 Å². The number of hydrogen-bond acceptors (Lipinski definition) is 6. The minimum absolute atomic E-state index is 0.172. The zero-order valence-corrected chi connectivity index (χ0v) is 12.2. The van der Waals surface area contributed by atoms with E-state index in [1.165, 1.54) is 11.8 Å². The van der Waals surface area contributed by atoms with Gasteiger partial charge in [0.2, 0.25) is 5.91 Å². The number of nitrogens with one attached hydrogen (secondary N) is 1. The lowest BCUT2D eigenvalue weighted by atomic mass is 10.1. The first-order valence-corrected chi connectivity index (χ1v) is 7.19. The Morgan fingerprint density at radius 3 is 3.00 bits per heavy atom. The van der Waals surface area contributed by atoms with E-state index in [1.54, 1.807) is 5.38 Å². The molecule has 1 aliphatic rings. The SMILES string of the molecule is CC(=O)Nc1nc(C(=O)N2CCOCC2CC(=O)O)cs1. The van der Waals surface area contributed by atoms with Crippen LogP contribution in [0.5, 0.6) is 0 Å². The van der Waals surface area contributed by atoms with Gasteiger partial charge in [-0.3, -0.25) is 14.4 Å². The zero-order chi connectivity index (χ0) is 15.4. The van der Waals surface area contributed by atoms with Crippen molar-refractivity contribution in [2.75, 3.05) is 25.1 Å². The van der Waals surface area contributed by atoms with Gasteiger partial charge in [-0.25, -0.2) is 4.98 Å². The summed E-state index contributed by atoms with van der Waals surface area (Å²) in [5.41, 5.74) is 0.195. The maximum absolute atomic E-state index is 12.4. The maximum atomic E-state index is 12.4. The largest absolute Gasteiger partial charge is 0.481 e. The molecule has 114 valence electrons. The second-order valence-corrected chi connectivity index (χ2v) is 5.40. The van der Waals surface area contributed by atoms with E-state index < -0.39 is 12.0 Å². The average molecular weight is 313 g/mol. The van der Waals surface area contributed by atoms with Crippen molar-refractivity contribution < 1.29 is 24.2 Å². The van der Waals surface area contributed by atoms with Crippen LogP contribution in [-0.2, 0) is 14.3 Å². The van der Waals surface area contributed by atoms with Crippen LogP contribution < -0.4 is 5.32 Å². The predicted octanol–water partition coefficient (Wildman–Crippen LogP) is 0.417. The van der Waals surface area contributed by atoms with Crippen molar-refractivity contribution in [1.82, 2.24) is 9.88 Å². The molecular weight excluding hydrogens is 298 g/mol. The van der Waals surface area contributed by atoms with Crippen LogP contribution in [0.25, 0.3) is 0 Å². The Bertz CT molecular complexity index is 559. The number of morpholine rings is 1. The smallest absolute Gasteiger partial charge is 0.305 e. The van der Waals surface area contributed by atoms with Gasteiger partial charge in [-0.15, -0.1) is 11.3 Å². The molecule has 0 spiro atoms. The lowest BCUT2D eigenvalue weighted by Gasteiger charge is -2.34. The number of anilines is 1. The number of carboxylic acids is 1. The van der Waals surface area contributed by atoms with Crippen molar-refractivity contribution in [3.63, 3.8) is 0 Å². The van der Waals surface area contributed by atoms with Gasteiger partial charge in [0, 0.05) is 18.8 Å². The Labute approximate surface area is 124 Å². The van der Waals surface area contributed by atoms with Crippen molar-refractivity contribution >= 4 is 34.3 Å². The first kappa shape index (κ1) is 15.4. The number of thiazole rings is 1. The third-order valence-electron chi connectivity index (χ3n) is 2.90. The molecule has 1 aromatic rings. The van der Waals surface area contributed by atoms with Crippen LogP contribution in [0.4, 0.5) is 5.13 Å². The summed E-state index contributed by atoms with van der Waals surface area (Å²) in [6.07, 6.45) is -0.172. The Balaban J connectivity index is 2.10. The van der Waals surface area contributed by atoms with Crippen molar-refractivity contribution in [3.8, 4) is 0 Å². The maximum Gasteiger partial charge on any atom is 0.305 e. The summed E-state index contributed by atoms with van der Waals surface area (Å²) in [4.78, 5) is 39.7. The van der Waals surface area contributed by atoms with Gasteiger partial charge in [0.25, 0.3) is 5.91 Å². The van der Waals surface area contributed by atoms with Crippen molar-refractivity contribution in [2.24, 2.45) is 0 Å². The minimum atomic E-state index is -0.986. The summed E-state index contributed by atoms with van der Waals surface area (Å²) in [5.74, 6) is -1.60. The predicted molar refractivity (Wildman–Crippen MR) is 74.3 cm³/mol. The molecular formula is C12H15N3O5S. The molecule has 2 rings (SSSR count). The molecule has 0 aromatic carbocycles. The van der Waals surface area contributed by atoms with E-state index in [1.807, 2.05) is 0 Å². The van der Waals surface area contributed by atoms with Gasteiger partial charge in [0.05, 0.1) is 25.7 Å². The Kier molecular flexibility index (Phi) is 4.86. The molecule has 1 fully saturated rings. The van der Waals surface area contributed by atoms with E-state index in [0.717, 1.165) is 11.3 Å². The summed E-state index contributed by atoms with van der Waals surface area (Å²) in [6.45, 7) is 2.24. The molecule has 1 atom stereocenters. The number of nitrogens with zero attached hydrogens (tertiary/aromatic N) is 2. The lowest BCUT2D eigenvalue weighted by Crippen LogP contribution is -2.49. The molecule has 1 aliphatic heterocycles. The van der Waals surface area contributed by atoms with Crippen LogP contribution in [0.15, 0.2) is 5.38 Å². The van der Waals surface area contributed by atoms with Gasteiger partial charge in [-0.1, -0.05) is 0 Å². The van der Waals surface area contributed by atoms with Crippen LogP contribution >= 0.6 is 11.3 Å². The molecule has 9 heteroatoms. The molecule has 0 radical (unpaired) electrons. The van der Waals surface area contributed by atoms with E-state index in [0.29, 0.717) is 18.3 Å². The fourth-order valence-electron chi connectivity index (χ4n) is 2.02. The van der Waals surface area contributed by atoms with Gasteiger partial charge in [-0.2, -0.15) is 0 Å². The van der Waals surface area contributed by atoms with Gasteiger partial charge in [-0.05, 0) is 0 Å². The number of carboxylic acid groups (broad SMARTS) is 1. The van der Waals surface area contributed by atoms with E-state index in [-0.39, 0.29) is 30.5 Å². The fraction of sp³-hybridized carbons (Fsp3) is 0.500. The van der Waals surface area contributed by atoms with Crippen molar-refractivity contribution in [1.29, 1.82) is 0 Å². The first-order chi connectivity index (χ1) is 9.97. The number of aromatic nitrogens is 1. The summed E-state index contributed by atoms with van der Waals surface area (Å²) in [6, 6.07) is -0.505. The molecule has 1 saturated heterocycles.